The summed E-state index contributed by atoms with van der Waals surface area (Å²) in [5.41, 5.74) is -0.212. The van der Waals surface area contributed by atoms with E-state index in [0.29, 0.717) is 12.5 Å². The molecule has 3 aliphatic rings. The molecule has 20 heavy (non-hydrogen) atoms. The van der Waals surface area contributed by atoms with Crippen LogP contribution < -0.4 is 0 Å². The summed E-state index contributed by atoms with van der Waals surface area (Å²) in [6.45, 7) is 5.32. The molecule has 2 aliphatic heterocycles. The summed E-state index contributed by atoms with van der Waals surface area (Å²) in [7, 11) is 0. The Morgan fingerprint density at radius 1 is 1.05 bits per heavy atom. The van der Waals surface area contributed by atoms with Crippen LogP contribution in [0.15, 0.2) is 0 Å². The number of aliphatic hydroxyl groups excluding tert-OH is 2. The van der Waals surface area contributed by atoms with Crippen molar-refractivity contribution in [2.24, 2.45) is 5.41 Å². The molecule has 2 atom stereocenters. The third-order valence-electron chi connectivity index (χ3n) is 5.93. The highest BCUT2D eigenvalue weighted by molar-refractivity contribution is 5.73. The number of hydrogen-bond donors (Lipinski definition) is 2. The lowest BCUT2D eigenvalue weighted by atomic mass is 9.58. The van der Waals surface area contributed by atoms with Gasteiger partial charge in [0.05, 0.1) is 12.2 Å². The van der Waals surface area contributed by atoms with Gasteiger partial charge in [0.25, 0.3) is 0 Å². The van der Waals surface area contributed by atoms with Crippen molar-refractivity contribution in [2.45, 2.75) is 57.3 Å². The molecule has 5 heteroatoms. The van der Waals surface area contributed by atoms with Gasteiger partial charge in [0.15, 0.2) is 0 Å². The van der Waals surface area contributed by atoms with Gasteiger partial charge in [-0.05, 0) is 38.8 Å². The lowest BCUT2D eigenvalue weighted by Gasteiger charge is -2.56. The van der Waals surface area contributed by atoms with E-state index in [-0.39, 0.29) is 23.5 Å². The fraction of sp³-hybridized carbons (Fsp3) is 0.933. The summed E-state index contributed by atoms with van der Waals surface area (Å²) >= 11 is 0. The maximum Gasteiger partial charge on any atom is 0.219 e. The van der Waals surface area contributed by atoms with Crippen LogP contribution >= 0.6 is 0 Å². The van der Waals surface area contributed by atoms with Gasteiger partial charge >= 0.3 is 0 Å². The van der Waals surface area contributed by atoms with E-state index in [9.17, 15) is 15.0 Å². The zero-order valence-corrected chi connectivity index (χ0v) is 12.3. The standard InChI is InChI=1S/C15H26N2O3/c1-11(18)16-6-2-12(3-7-16)17-8-4-15(5-9-17)13(19)10-14(15)20/h12-14,19-20H,2-10H2,1H3/t13-,14+. The van der Waals surface area contributed by atoms with E-state index < -0.39 is 0 Å². The molecular weight excluding hydrogens is 256 g/mol. The quantitative estimate of drug-likeness (QED) is 0.721. The van der Waals surface area contributed by atoms with Gasteiger partial charge in [-0.3, -0.25) is 4.79 Å². The second-order valence-corrected chi connectivity index (χ2v) is 6.77. The average molecular weight is 282 g/mol. The average Bonchev–Trinajstić information content (AvgIpc) is 2.48. The van der Waals surface area contributed by atoms with Crippen molar-refractivity contribution in [1.82, 2.24) is 9.80 Å². The van der Waals surface area contributed by atoms with Gasteiger partial charge in [-0.25, -0.2) is 0 Å². The van der Waals surface area contributed by atoms with Crippen molar-refractivity contribution in [2.75, 3.05) is 26.2 Å². The van der Waals surface area contributed by atoms with Crippen LogP contribution in [0.3, 0.4) is 0 Å². The van der Waals surface area contributed by atoms with Crippen molar-refractivity contribution in [3.05, 3.63) is 0 Å². The van der Waals surface area contributed by atoms with Gasteiger partial charge in [-0.2, -0.15) is 0 Å². The molecule has 114 valence electrons. The smallest absolute Gasteiger partial charge is 0.219 e. The number of amides is 1. The van der Waals surface area contributed by atoms with Crippen molar-refractivity contribution in [3.63, 3.8) is 0 Å². The molecule has 1 saturated carbocycles. The number of nitrogens with zero attached hydrogens (tertiary/aromatic N) is 2. The van der Waals surface area contributed by atoms with Crippen LogP contribution in [0.25, 0.3) is 0 Å². The molecular formula is C15H26N2O3. The van der Waals surface area contributed by atoms with Crippen molar-refractivity contribution in [3.8, 4) is 0 Å². The van der Waals surface area contributed by atoms with Crippen LogP contribution in [0.1, 0.15) is 39.0 Å². The SMILES string of the molecule is CC(=O)N1CCC(N2CCC3(CC2)[C@H](O)C[C@@H]3O)CC1. The topological polar surface area (TPSA) is 64.0 Å². The summed E-state index contributed by atoms with van der Waals surface area (Å²) in [4.78, 5) is 15.8. The Morgan fingerprint density at radius 3 is 2.05 bits per heavy atom. The summed E-state index contributed by atoms with van der Waals surface area (Å²) < 4.78 is 0. The number of carbonyl (C=O) groups is 1. The number of carbonyl (C=O) groups excluding carboxylic acids is 1. The van der Waals surface area contributed by atoms with E-state index in [1.54, 1.807) is 6.92 Å². The van der Waals surface area contributed by atoms with Crippen LogP contribution in [0.5, 0.6) is 0 Å². The van der Waals surface area contributed by atoms with E-state index in [4.69, 9.17) is 0 Å². The summed E-state index contributed by atoms with van der Waals surface area (Å²) in [6.07, 6.45) is 3.86. The first-order valence-corrected chi connectivity index (χ1v) is 7.88. The van der Waals surface area contributed by atoms with E-state index in [1.807, 2.05) is 4.90 Å². The molecule has 0 bridgehead atoms. The van der Waals surface area contributed by atoms with Crippen LogP contribution in [0, 0.1) is 5.41 Å². The molecule has 0 aromatic heterocycles. The predicted octanol–water partition coefficient (Wildman–Crippen LogP) is 0.205. The van der Waals surface area contributed by atoms with Gasteiger partial charge in [0.1, 0.15) is 0 Å². The van der Waals surface area contributed by atoms with Crippen molar-refractivity contribution >= 4 is 5.91 Å². The Balaban J connectivity index is 1.51. The fourth-order valence-corrected chi connectivity index (χ4v) is 4.26. The molecule has 1 spiro atoms. The van der Waals surface area contributed by atoms with Crippen molar-refractivity contribution < 1.29 is 15.0 Å². The van der Waals surface area contributed by atoms with Gasteiger partial charge in [-0.1, -0.05) is 0 Å². The molecule has 0 radical (unpaired) electrons. The summed E-state index contributed by atoms with van der Waals surface area (Å²) in [6, 6.07) is 0.567. The Labute approximate surface area is 120 Å². The van der Waals surface area contributed by atoms with Gasteiger partial charge in [-0.15, -0.1) is 0 Å². The van der Waals surface area contributed by atoms with Crippen LogP contribution in [0.2, 0.25) is 0 Å². The highest BCUT2D eigenvalue weighted by Crippen LogP contribution is 2.49. The molecule has 2 saturated heterocycles. The lowest BCUT2D eigenvalue weighted by Crippen LogP contribution is -2.62. The molecule has 1 aliphatic carbocycles. The first-order chi connectivity index (χ1) is 9.53. The number of aliphatic hydroxyl groups is 2. The van der Waals surface area contributed by atoms with Gasteiger partial charge in [0.2, 0.25) is 5.91 Å². The second-order valence-electron chi connectivity index (χ2n) is 6.77. The number of rotatable bonds is 1. The first-order valence-electron chi connectivity index (χ1n) is 7.88. The van der Waals surface area contributed by atoms with Crippen LogP contribution in [0.4, 0.5) is 0 Å². The van der Waals surface area contributed by atoms with Gasteiger partial charge < -0.3 is 20.0 Å². The maximum absolute atomic E-state index is 11.3. The molecule has 3 rings (SSSR count). The third kappa shape index (κ3) is 2.26. The zero-order chi connectivity index (χ0) is 14.3. The second kappa shape index (κ2) is 5.28. The Kier molecular flexibility index (Phi) is 3.77. The summed E-state index contributed by atoms with van der Waals surface area (Å²) in [5.74, 6) is 0.182. The van der Waals surface area contributed by atoms with E-state index >= 15 is 0 Å². The molecule has 3 fully saturated rings. The Morgan fingerprint density at radius 2 is 1.60 bits per heavy atom. The largest absolute Gasteiger partial charge is 0.392 e. The number of piperidine rings is 2. The predicted molar refractivity (Wildman–Crippen MR) is 75.1 cm³/mol. The van der Waals surface area contributed by atoms with E-state index in [1.165, 1.54) is 0 Å². The normalized spacial score (nSPS) is 35.0. The molecule has 2 N–H and O–H groups in total. The zero-order valence-electron chi connectivity index (χ0n) is 12.3. The van der Waals surface area contributed by atoms with Crippen LogP contribution in [-0.4, -0.2) is 70.3 Å². The Hall–Kier alpha value is -0.650. The highest BCUT2D eigenvalue weighted by atomic mass is 16.3. The minimum absolute atomic E-state index is 0.182. The fourth-order valence-electron chi connectivity index (χ4n) is 4.26. The molecule has 0 aromatic rings. The van der Waals surface area contributed by atoms with Crippen molar-refractivity contribution in [1.29, 1.82) is 0 Å². The van der Waals surface area contributed by atoms with E-state index in [2.05, 4.69) is 4.90 Å². The van der Waals surface area contributed by atoms with Crippen LogP contribution in [-0.2, 0) is 4.79 Å². The first kappa shape index (κ1) is 14.3. The lowest BCUT2D eigenvalue weighted by molar-refractivity contribution is -0.192. The molecule has 5 nitrogen and oxygen atoms in total. The summed E-state index contributed by atoms with van der Waals surface area (Å²) in [5, 5.41) is 19.9. The number of likely N-dealkylation sites (tertiary alicyclic amines) is 2. The Bertz CT molecular complexity index is 361. The van der Waals surface area contributed by atoms with Gasteiger partial charge in [0, 0.05) is 37.9 Å². The minimum Gasteiger partial charge on any atom is -0.392 e. The van der Waals surface area contributed by atoms with E-state index in [0.717, 1.165) is 51.9 Å². The highest BCUT2D eigenvalue weighted by Gasteiger charge is 2.55. The monoisotopic (exact) mass is 282 g/mol. The maximum atomic E-state index is 11.3. The molecule has 0 unspecified atom stereocenters. The third-order valence-corrected chi connectivity index (χ3v) is 5.93. The molecule has 0 aromatic carbocycles. The minimum atomic E-state index is -0.306. The number of hydrogen-bond acceptors (Lipinski definition) is 4. The molecule has 1 amide bonds. The molecule has 2 heterocycles.